The van der Waals surface area contributed by atoms with Gasteiger partial charge in [-0.15, -0.1) is 0 Å². The van der Waals surface area contributed by atoms with Crippen LogP contribution in [-0.2, 0) is 0 Å². The number of aliphatic hydroxyl groups excluding tert-OH is 2. The molecule has 0 aromatic carbocycles. The van der Waals surface area contributed by atoms with Crippen molar-refractivity contribution in [1.29, 1.82) is 0 Å². The maximum absolute atomic E-state index is 9.31. The summed E-state index contributed by atoms with van der Waals surface area (Å²) < 4.78 is 0. The van der Waals surface area contributed by atoms with E-state index >= 15 is 0 Å². The van der Waals surface area contributed by atoms with Gasteiger partial charge in [0.15, 0.2) is 0 Å². The predicted molar refractivity (Wildman–Crippen MR) is 57.8 cm³/mol. The third-order valence-electron chi connectivity index (χ3n) is 1.78. The van der Waals surface area contributed by atoms with Crippen LogP contribution in [-0.4, -0.2) is 22.9 Å². The molecular formula is C11H26O2. The van der Waals surface area contributed by atoms with Gasteiger partial charge in [0, 0.05) is 6.61 Å². The summed E-state index contributed by atoms with van der Waals surface area (Å²) in [6, 6.07) is 0. The van der Waals surface area contributed by atoms with Gasteiger partial charge in [-0.2, -0.15) is 0 Å². The van der Waals surface area contributed by atoms with Gasteiger partial charge < -0.3 is 10.2 Å². The van der Waals surface area contributed by atoms with E-state index in [1.54, 1.807) is 6.92 Å². The monoisotopic (exact) mass is 190 g/mol. The molecule has 2 N–H and O–H groups in total. The van der Waals surface area contributed by atoms with Crippen molar-refractivity contribution in [3.8, 4) is 0 Å². The minimum atomic E-state index is -0.0279. The summed E-state index contributed by atoms with van der Waals surface area (Å²) in [6.45, 7) is 6.25. The van der Waals surface area contributed by atoms with Crippen LogP contribution >= 0.6 is 0 Å². The van der Waals surface area contributed by atoms with E-state index in [0.29, 0.717) is 0 Å². The second kappa shape index (κ2) is 14.4. The molecule has 0 amide bonds. The van der Waals surface area contributed by atoms with Crippen LogP contribution in [0.1, 0.15) is 59.3 Å². The standard InChI is InChI=1S/C9H20O.C2H6O/c1-3-5-7-9(10)8-6-4-2;1-2-3/h9-10H,3-8H2,1-2H3;3H,2H2,1H3. The van der Waals surface area contributed by atoms with Crippen LogP contribution in [0.5, 0.6) is 0 Å². The van der Waals surface area contributed by atoms with Gasteiger partial charge in [-0.1, -0.05) is 39.5 Å². The Labute approximate surface area is 83.0 Å². The van der Waals surface area contributed by atoms with Gasteiger partial charge in [0.25, 0.3) is 0 Å². The lowest BCUT2D eigenvalue weighted by Crippen LogP contribution is -2.05. The maximum Gasteiger partial charge on any atom is 0.0540 e. The average Bonchev–Trinajstić information content (AvgIpc) is 2.12. The molecule has 0 aromatic rings. The molecule has 0 heterocycles. The highest BCUT2D eigenvalue weighted by Gasteiger charge is 2.00. The quantitative estimate of drug-likeness (QED) is 0.676. The largest absolute Gasteiger partial charge is 0.397 e. The summed E-state index contributed by atoms with van der Waals surface area (Å²) in [7, 11) is 0. The van der Waals surface area contributed by atoms with Crippen molar-refractivity contribution < 1.29 is 10.2 Å². The summed E-state index contributed by atoms with van der Waals surface area (Å²) >= 11 is 0. The minimum absolute atomic E-state index is 0.0279. The smallest absolute Gasteiger partial charge is 0.0540 e. The maximum atomic E-state index is 9.31. The molecule has 0 aliphatic heterocycles. The Kier molecular flexibility index (Phi) is 17.1. The first-order valence-corrected chi connectivity index (χ1v) is 5.51. The van der Waals surface area contributed by atoms with E-state index in [0.717, 1.165) is 12.8 Å². The molecule has 2 nitrogen and oxygen atoms in total. The van der Waals surface area contributed by atoms with E-state index in [2.05, 4.69) is 13.8 Å². The average molecular weight is 190 g/mol. The molecule has 0 atom stereocenters. The summed E-state index contributed by atoms with van der Waals surface area (Å²) in [4.78, 5) is 0. The van der Waals surface area contributed by atoms with Gasteiger partial charge in [-0.3, -0.25) is 0 Å². The summed E-state index contributed by atoms with van der Waals surface area (Å²) in [6.07, 6.45) is 6.70. The van der Waals surface area contributed by atoms with Crippen LogP contribution in [0.2, 0.25) is 0 Å². The van der Waals surface area contributed by atoms with Crippen molar-refractivity contribution in [2.75, 3.05) is 6.61 Å². The van der Waals surface area contributed by atoms with Crippen LogP contribution < -0.4 is 0 Å². The molecule has 0 saturated carbocycles. The van der Waals surface area contributed by atoms with Crippen molar-refractivity contribution in [2.45, 2.75) is 65.4 Å². The topological polar surface area (TPSA) is 40.5 Å². The first-order valence-electron chi connectivity index (χ1n) is 5.51. The number of rotatable bonds is 6. The molecule has 0 aromatic heterocycles. The van der Waals surface area contributed by atoms with E-state index in [4.69, 9.17) is 5.11 Å². The predicted octanol–water partition coefficient (Wildman–Crippen LogP) is 2.73. The fourth-order valence-electron chi connectivity index (χ4n) is 1.02. The van der Waals surface area contributed by atoms with E-state index < -0.39 is 0 Å². The Morgan fingerprint density at radius 1 is 0.923 bits per heavy atom. The zero-order valence-corrected chi connectivity index (χ0v) is 9.42. The normalized spacial score (nSPS) is 9.69. The van der Waals surface area contributed by atoms with E-state index in [1.165, 1.54) is 25.7 Å². The lowest BCUT2D eigenvalue weighted by atomic mass is 10.1. The van der Waals surface area contributed by atoms with Gasteiger partial charge in [0.2, 0.25) is 0 Å². The molecular weight excluding hydrogens is 164 g/mol. The number of hydrogen-bond donors (Lipinski definition) is 2. The fourth-order valence-corrected chi connectivity index (χ4v) is 1.02. The lowest BCUT2D eigenvalue weighted by molar-refractivity contribution is 0.149. The van der Waals surface area contributed by atoms with Gasteiger partial charge >= 0.3 is 0 Å². The molecule has 0 fully saturated rings. The van der Waals surface area contributed by atoms with E-state index in [9.17, 15) is 5.11 Å². The van der Waals surface area contributed by atoms with Crippen LogP contribution in [0, 0.1) is 0 Å². The fraction of sp³-hybridized carbons (Fsp3) is 1.00. The van der Waals surface area contributed by atoms with E-state index in [-0.39, 0.29) is 12.7 Å². The lowest BCUT2D eigenvalue weighted by Gasteiger charge is -2.07. The molecule has 0 unspecified atom stereocenters. The Balaban J connectivity index is 0. The zero-order chi connectivity index (χ0) is 10.5. The Morgan fingerprint density at radius 2 is 1.23 bits per heavy atom. The zero-order valence-electron chi connectivity index (χ0n) is 9.42. The molecule has 0 aliphatic rings. The summed E-state index contributed by atoms with van der Waals surface area (Å²) in [5.41, 5.74) is 0. The second-order valence-corrected chi connectivity index (χ2v) is 3.25. The Hall–Kier alpha value is -0.0800. The van der Waals surface area contributed by atoms with Gasteiger partial charge in [0.1, 0.15) is 0 Å². The molecule has 0 saturated heterocycles. The molecule has 0 radical (unpaired) electrons. The van der Waals surface area contributed by atoms with Gasteiger partial charge in [0.05, 0.1) is 6.10 Å². The summed E-state index contributed by atoms with van der Waals surface area (Å²) in [5, 5.41) is 16.9. The van der Waals surface area contributed by atoms with Gasteiger partial charge in [-0.25, -0.2) is 0 Å². The van der Waals surface area contributed by atoms with Crippen molar-refractivity contribution in [3.05, 3.63) is 0 Å². The van der Waals surface area contributed by atoms with E-state index in [1.807, 2.05) is 0 Å². The second-order valence-electron chi connectivity index (χ2n) is 3.25. The van der Waals surface area contributed by atoms with Crippen molar-refractivity contribution >= 4 is 0 Å². The number of aliphatic hydroxyl groups is 2. The molecule has 13 heavy (non-hydrogen) atoms. The highest BCUT2D eigenvalue weighted by molar-refractivity contribution is 4.54. The van der Waals surface area contributed by atoms with Gasteiger partial charge in [-0.05, 0) is 19.8 Å². The van der Waals surface area contributed by atoms with Crippen molar-refractivity contribution in [1.82, 2.24) is 0 Å². The van der Waals surface area contributed by atoms with Crippen LogP contribution in [0.15, 0.2) is 0 Å². The van der Waals surface area contributed by atoms with Crippen LogP contribution in [0.4, 0.5) is 0 Å². The molecule has 2 heteroatoms. The Morgan fingerprint density at radius 3 is 1.46 bits per heavy atom. The Bertz CT molecular complexity index is 66.5. The van der Waals surface area contributed by atoms with Crippen molar-refractivity contribution in [3.63, 3.8) is 0 Å². The first-order chi connectivity index (χ1) is 6.22. The molecule has 0 bridgehead atoms. The first kappa shape index (κ1) is 15.4. The highest BCUT2D eigenvalue weighted by Crippen LogP contribution is 2.07. The molecule has 0 aliphatic carbocycles. The summed E-state index contributed by atoms with van der Waals surface area (Å²) in [5.74, 6) is 0. The third-order valence-corrected chi connectivity index (χ3v) is 1.78. The molecule has 82 valence electrons. The number of unbranched alkanes of at least 4 members (excludes halogenated alkanes) is 2. The molecule has 0 rings (SSSR count). The third kappa shape index (κ3) is 18.7. The molecule has 0 spiro atoms. The van der Waals surface area contributed by atoms with Crippen LogP contribution in [0.3, 0.4) is 0 Å². The minimum Gasteiger partial charge on any atom is -0.397 e. The SMILES string of the molecule is CCCCC(O)CCCC.CCO. The van der Waals surface area contributed by atoms with Crippen molar-refractivity contribution in [2.24, 2.45) is 0 Å². The number of hydrogen-bond acceptors (Lipinski definition) is 2. The highest BCUT2D eigenvalue weighted by atomic mass is 16.3. The van der Waals surface area contributed by atoms with Crippen LogP contribution in [0.25, 0.3) is 0 Å².